The Morgan fingerprint density at radius 3 is 1.66 bits per heavy atom. The van der Waals surface area contributed by atoms with Crippen molar-refractivity contribution in [3.8, 4) is 67.9 Å². The lowest BCUT2D eigenvalue weighted by molar-refractivity contribution is 0.436. The van der Waals surface area contributed by atoms with Gasteiger partial charge in [0.2, 0.25) is 6.71 Å². The van der Waals surface area contributed by atoms with Crippen molar-refractivity contribution in [3.05, 3.63) is 265 Å². The maximum Gasteiger partial charge on any atom is 0.241 e. The monoisotopic (exact) mass is 853 g/mol. The molecule has 0 amide bonds. The molecule has 10 aromatic carbocycles. The van der Waals surface area contributed by atoms with Crippen LogP contribution in [0.2, 0.25) is 0 Å². The average Bonchev–Trinajstić information content (AvgIpc) is 3.69. The van der Waals surface area contributed by atoms with Crippen molar-refractivity contribution < 1.29 is 4.74 Å². The van der Waals surface area contributed by atoms with Gasteiger partial charge >= 0.3 is 0 Å². The summed E-state index contributed by atoms with van der Waals surface area (Å²) in [7, 11) is 0. The van der Waals surface area contributed by atoms with Crippen molar-refractivity contribution >= 4 is 33.9 Å². The molecule has 0 radical (unpaired) electrons. The first-order chi connectivity index (χ1) is 33.2. The van der Waals surface area contributed by atoms with E-state index in [0.717, 1.165) is 61.2 Å². The Balaban J connectivity index is 0.993. The average molecular weight is 854 g/mol. The number of hydrogen-bond donors (Lipinski definition) is 0. The molecule has 0 N–H and O–H groups in total. The third kappa shape index (κ3) is 6.35. The quantitative estimate of drug-likeness (QED) is 0.150. The molecule has 2 aliphatic rings. The smallest absolute Gasteiger partial charge is 0.241 e. The Morgan fingerprint density at radius 1 is 0.313 bits per heavy atom. The van der Waals surface area contributed by atoms with Crippen LogP contribution < -0.4 is 21.1 Å². The number of hydrogen-bond acceptors (Lipinski definition) is 4. The molecule has 4 nitrogen and oxygen atoms in total. The van der Waals surface area contributed by atoms with Gasteiger partial charge in [0.15, 0.2) is 17.5 Å². The Labute approximate surface area is 390 Å². The van der Waals surface area contributed by atoms with Crippen molar-refractivity contribution in [1.29, 1.82) is 0 Å². The zero-order valence-electron chi connectivity index (χ0n) is 36.4. The number of benzene rings is 10. The van der Waals surface area contributed by atoms with Gasteiger partial charge in [-0.2, -0.15) is 0 Å². The van der Waals surface area contributed by atoms with Crippen molar-refractivity contribution in [2.75, 3.05) is 0 Å². The van der Waals surface area contributed by atoms with Gasteiger partial charge in [-0.3, -0.25) is 0 Å². The van der Waals surface area contributed by atoms with Gasteiger partial charge in [-0.15, -0.1) is 0 Å². The molecule has 0 saturated carbocycles. The predicted octanol–water partition coefficient (Wildman–Crippen LogP) is 12.7. The lowest BCUT2D eigenvalue weighted by atomic mass is 9.37. The van der Waals surface area contributed by atoms with E-state index in [-0.39, 0.29) is 6.71 Å². The van der Waals surface area contributed by atoms with Gasteiger partial charge in [-0.05, 0) is 62.4 Å². The van der Waals surface area contributed by atoms with E-state index in [0.29, 0.717) is 17.5 Å². The number of ether oxygens (including phenoxy) is 1. The summed E-state index contributed by atoms with van der Waals surface area (Å²) < 4.78 is 7.02. The molecule has 2 heterocycles. The van der Waals surface area contributed by atoms with Crippen molar-refractivity contribution in [2.45, 2.75) is 5.41 Å². The highest BCUT2D eigenvalue weighted by atomic mass is 16.5. The molecule has 11 aromatic rings. The van der Waals surface area contributed by atoms with Crippen LogP contribution in [0.4, 0.5) is 0 Å². The molecule has 0 fully saturated rings. The minimum Gasteiger partial charge on any atom is -0.457 e. The third-order valence-electron chi connectivity index (χ3n) is 13.7. The normalized spacial score (nSPS) is 14.1. The number of para-hydroxylation sites is 1. The summed E-state index contributed by atoms with van der Waals surface area (Å²) >= 11 is 0. The highest BCUT2D eigenvalue weighted by Crippen LogP contribution is 2.62. The predicted molar refractivity (Wildman–Crippen MR) is 274 cm³/mol. The topological polar surface area (TPSA) is 47.9 Å². The summed E-state index contributed by atoms with van der Waals surface area (Å²) in [6.45, 7) is 0.0864. The first-order valence-corrected chi connectivity index (χ1v) is 22.9. The minimum absolute atomic E-state index is 0.0864. The van der Waals surface area contributed by atoms with Crippen LogP contribution in [0.25, 0.3) is 67.2 Å². The van der Waals surface area contributed by atoms with Crippen LogP contribution in [0.5, 0.6) is 11.5 Å². The molecular weight excluding hydrogens is 814 g/mol. The minimum atomic E-state index is -0.689. The lowest BCUT2D eigenvalue weighted by Crippen LogP contribution is -2.51. The van der Waals surface area contributed by atoms with E-state index in [4.69, 9.17) is 19.7 Å². The summed E-state index contributed by atoms with van der Waals surface area (Å²) in [4.78, 5) is 15.7. The second-order valence-electron chi connectivity index (χ2n) is 17.4. The van der Waals surface area contributed by atoms with Gasteiger partial charge in [0, 0.05) is 27.8 Å². The molecule has 1 aromatic heterocycles. The third-order valence-corrected chi connectivity index (χ3v) is 13.7. The van der Waals surface area contributed by atoms with E-state index in [1.54, 1.807) is 0 Å². The molecular formula is C62H40BN3O. The van der Waals surface area contributed by atoms with Crippen LogP contribution in [-0.2, 0) is 5.41 Å². The highest BCUT2D eigenvalue weighted by molar-refractivity contribution is 6.95. The largest absolute Gasteiger partial charge is 0.457 e. The van der Waals surface area contributed by atoms with Gasteiger partial charge < -0.3 is 4.74 Å². The molecule has 1 atom stereocenters. The van der Waals surface area contributed by atoms with Crippen LogP contribution in [0, 0.1) is 0 Å². The fourth-order valence-electron chi connectivity index (χ4n) is 10.8. The Morgan fingerprint density at radius 2 is 0.851 bits per heavy atom. The Kier molecular flexibility index (Phi) is 9.14. The number of nitrogens with zero attached hydrogens (tertiary/aromatic N) is 3. The summed E-state index contributed by atoms with van der Waals surface area (Å²) in [6, 6.07) is 86.4. The van der Waals surface area contributed by atoms with Crippen LogP contribution in [0.1, 0.15) is 22.3 Å². The summed E-state index contributed by atoms with van der Waals surface area (Å²) in [5.41, 5.74) is 15.1. The molecule has 1 aliphatic heterocycles. The maximum absolute atomic E-state index is 7.02. The molecule has 1 aliphatic carbocycles. The molecule has 13 rings (SSSR count). The van der Waals surface area contributed by atoms with E-state index in [1.165, 1.54) is 38.6 Å². The lowest BCUT2D eigenvalue weighted by Gasteiger charge is -2.39. The zero-order chi connectivity index (χ0) is 44.3. The molecule has 5 heteroatoms. The van der Waals surface area contributed by atoms with Crippen LogP contribution in [0.3, 0.4) is 0 Å². The highest BCUT2D eigenvalue weighted by Gasteiger charge is 2.51. The van der Waals surface area contributed by atoms with Gasteiger partial charge in [0.25, 0.3) is 0 Å². The molecule has 67 heavy (non-hydrogen) atoms. The molecule has 312 valence electrons. The first-order valence-electron chi connectivity index (χ1n) is 22.9. The van der Waals surface area contributed by atoms with Crippen LogP contribution in [-0.4, -0.2) is 21.7 Å². The van der Waals surface area contributed by atoms with E-state index in [2.05, 4.69) is 224 Å². The van der Waals surface area contributed by atoms with E-state index in [1.807, 2.05) is 18.2 Å². The van der Waals surface area contributed by atoms with E-state index in [9.17, 15) is 0 Å². The first kappa shape index (κ1) is 38.8. The zero-order valence-corrected chi connectivity index (χ0v) is 36.4. The fourth-order valence-corrected chi connectivity index (χ4v) is 10.8. The SMILES string of the molecule is c1ccc(B(c2ccccc2)c2cccc(-c3ccc4c(c3)Oc3ccccc3C43c4ccccc4-c4ccc(-c5nc(-c6ccccc6)nc(-c6cccc7ccccc67)n5)cc43)c2)cc1. The van der Waals surface area contributed by atoms with Gasteiger partial charge in [-0.1, -0.05) is 241 Å². The molecule has 0 bridgehead atoms. The second kappa shape index (κ2) is 15.8. The molecule has 0 saturated heterocycles. The van der Waals surface area contributed by atoms with Gasteiger partial charge in [0.1, 0.15) is 11.5 Å². The van der Waals surface area contributed by atoms with Crippen molar-refractivity contribution in [2.24, 2.45) is 0 Å². The van der Waals surface area contributed by atoms with Crippen molar-refractivity contribution in [3.63, 3.8) is 0 Å². The van der Waals surface area contributed by atoms with Crippen LogP contribution >= 0.6 is 0 Å². The van der Waals surface area contributed by atoms with Gasteiger partial charge in [-0.25, -0.2) is 15.0 Å². The molecule has 1 unspecified atom stereocenters. The standard InChI is InChI=1S/C62H40BN3O/c1-4-19-42(20-5-1)59-64-60(66-61(65-59)52-30-17-21-41-18-10-11-28-49(41)52)45-34-36-51-50-29-12-13-31-53(50)62(56(51)39-45)54-32-14-15-33-57(54)67-58-40-44(35-37-55(58)62)43-22-16-27-48(38-43)63(46-23-6-2-7-24-46)47-25-8-3-9-26-47/h1-40H. The Hall–Kier alpha value is -8.67. The molecule has 1 spiro atoms. The van der Waals surface area contributed by atoms with E-state index < -0.39 is 5.41 Å². The maximum atomic E-state index is 7.02. The summed E-state index contributed by atoms with van der Waals surface area (Å²) in [6.07, 6.45) is 0. The number of rotatable bonds is 7. The summed E-state index contributed by atoms with van der Waals surface area (Å²) in [5.74, 6) is 3.56. The number of aromatic nitrogens is 3. The number of fused-ring (bicyclic) bond motifs is 10. The second-order valence-corrected chi connectivity index (χ2v) is 17.4. The summed E-state index contributed by atoms with van der Waals surface area (Å²) in [5, 5.41) is 2.23. The Bertz CT molecular complexity index is 3640. The van der Waals surface area contributed by atoms with Crippen molar-refractivity contribution in [1.82, 2.24) is 15.0 Å². The van der Waals surface area contributed by atoms with Gasteiger partial charge in [0.05, 0.1) is 5.41 Å². The van der Waals surface area contributed by atoms with Crippen LogP contribution in [0.15, 0.2) is 243 Å². The van der Waals surface area contributed by atoms with E-state index >= 15 is 0 Å². The fraction of sp³-hybridized carbons (Fsp3) is 0.0161.